The van der Waals surface area contributed by atoms with Gasteiger partial charge in [-0.05, 0) is 26.3 Å². The summed E-state index contributed by atoms with van der Waals surface area (Å²) in [7, 11) is 1.81. The molecular weight excluding hydrogens is 238 g/mol. The predicted octanol–water partition coefficient (Wildman–Crippen LogP) is 2.65. The van der Waals surface area contributed by atoms with Crippen LogP contribution in [0.5, 0.6) is 0 Å². The van der Waals surface area contributed by atoms with E-state index in [0.29, 0.717) is 12.8 Å². The van der Waals surface area contributed by atoms with Gasteiger partial charge in [-0.2, -0.15) is 0 Å². The van der Waals surface area contributed by atoms with Crippen molar-refractivity contribution in [3.63, 3.8) is 0 Å². The van der Waals surface area contributed by atoms with Gasteiger partial charge < -0.3 is 15.6 Å². The van der Waals surface area contributed by atoms with Crippen molar-refractivity contribution in [1.29, 1.82) is 0 Å². The van der Waals surface area contributed by atoms with Crippen molar-refractivity contribution in [3.8, 4) is 0 Å². The number of anilines is 1. The molecule has 102 valence electrons. The Bertz CT molecular complexity index is 580. The molecule has 0 atom stereocenters. The van der Waals surface area contributed by atoms with Gasteiger partial charge in [0.15, 0.2) is 0 Å². The van der Waals surface area contributed by atoms with E-state index in [4.69, 9.17) is 5.73 Å². The van der Waals surface area contributed by atoms with Crippen molar-refractivity contribution in [2.24, 2.45) is 5.73 Å². The summed E-state index contributed by atoms with van der Waals surface area (Å²) in [5, 5.41) is 1.06. The molecule has 0 aliphatic carbocycles. The molecule has 1 aromatic carbocycles. The molecule has 0 radical (unpaired) electrons. The van der Waals surface area contributed by atoms with E-state index >= 15 is 0 Å². The van der Waals surface area contributed by atoms with E-state index < -0.39 is 0 Å². The Kier molecular flexibility index (Phi) is 3.62. The lowest BCUT2D eigenvalue weighted by Gasteiger charge is -2.21. The highest BCUT2D eigenvalue weighted by atomic mass is 16.2. The maximum absolute atomic E-state index is 12.2. The largest absolute Gasteiger partial charge is 0.359 e. The lowest BCUT2D eigenvalue weighted by molar-refractivity contribution is -0.118. The molecule has 0 aliphatic heterocycles. The number of H-pyrrole nitrogens is 1. The van der Waals surface area contributed by atoms with Gasteiger partial charge in [0.05, 0.1) is 5.69 Å². The molecule has 4 nitrogen and oxygen atoms in total. The number of rotatable bonds is 4. The third kappa shape index (κ3) is 3.15. The SMILES string of the molecule is CN(C(=O)CCC(C)(C)N)c1c[nH]c2ccccc12. The van der Waals surface area contributed by atoms with Gasteiger partial charge >= 0.3 is 0 Å². The van der Waals surface area contributed by atoms with Crippen molar-refractivity contribution < 1.29 is 4.79 Å². The number of aromatic amines is 1. The third-order valence-corrected chi connectivity index (χ3v) is 3.29. The summed E-state index contributed by atoms with van der Waals surface area (Å²) in [5.74, 6) is 0.0864. The van der Waals surface area contributed by atoms with Crippen LogP contribution in [-0.2, 0) is 4.79 Å². The number of hydrogen-bond acceptors (Lipinski definition) is 2. The van der Waals surface area contributed by atoms with Crippen LogP contribution in [0, 0.1) is 0 Å². The molecule has 0 aliphatic rings. The van der Waals surface area contributed by atoms with E-state index in [2.05, 4.69) is 4.98 Å². The molecule has 1 heterocycles. The Balaban J connectivity index is 2.15. The van der Waals surface area contributed by atoms with E-state index in [0.717, 1.165) is 16.6 Å². The Morgan fingerprint density at radius 1 is 1.37 bits per heavy atom. The van der Waals surface area contributed by atoms with Crippen LogP contribution in [0.25, 0.3) is 10.9 Å². The zero-order valence-electron chi connectivity index (χ0n) is 11.7. The molecule has 0 saturated heterocycles. The maximum Gasteiger partial charge on any atom is 0.226 e. The second-order valence-corrected chi connectivity index (χ2v) is 5.66. The summed E-state index contributed by atoms with van der Waals surface area (Å²) >= 11 is 0. The smallest absolute Gasteiger partial charge is 0.226 e. The average molecular weight is 259 g/mol. The summed E-state index contributed by atoms with van der Waals surface area (Å²) in [4.78, 5) is 17.1. The minimum atomic E-state index is -0.309. The molecule has 4 heteroatoms. The van der Waals surface area contributed by atoms with Gasteiger partial charge in [-0.3, -0.25) is 4.79 Å². The number of para-hydroxylation sites is 1. The summed E-state index contributed by atoms with van der Waals surface area (Å²) in [6, 6.07) is 7.96. The molecule has 2 aromatic rings. The Morgan fingerprint density at radius 3 is 2.74 bits per heavy atom. The number of amides is 1. The highest BCUT2D eigenvalue weighted by Crippen LogP contribution is 2.26. The van der Waals surface area contributed by atoms with Gasteiger partial charge in [-0.1, -0.05) is 18.2 Å². The molecule has 0 fully saturated rings. The number of carbonyl (C=O) groups excluding carboxylic acids is 1. The lowest BCUT2D eigenvalue weighted by atomic mass is 10.00. The van der Waals surface area contributed by atoms with Crippen LogP contribution < -0.4 is 10.6 Å². The minimum Gasteiger partial charge on any atom is -0.359 e. The van der Waals surface area contributed by atoms with Crippen molar-refractivity contribution in [3.05, 3.63) is 30.5 Å². The fraction of sp³-hybridized carbons (Fsp3) is 0.400. The summed E-state index contributed by atoms with van der Waals surface area (Å²) in [5.41, 5.74) is 7.56. The second kappa shape index (κ2) is 5.05. The van der Waals surface area contributed by atoms with Crippen LogP contribution in [0.1, 0.15) is 26.7 Å². The first-order valence-corrected chi connectivity index (χ1v) is 6.50. The van der Waals surface area contributed by atoms with Gasteiger partial charge in [0.2, 0.25) is 5.91 Å². The summed E-state index contributed by atoms with van der Waals surface area (Å²) in [6.45, 7) is 3.87. The van der Waals surface area contributed by atoms with Gasteiger partial charge in [-0.15, -0.1) is 0 Å². The molecule has 19 heavy (non-hydrogen) atoms. The van der Waals surface area contributed by atoms with Crippen LogP contribution in [0.15, 0.2) is 30.5 Å². The molecule has 0 bridgehead atoms. The summed E-state index contributed by atoms with van der Waals surface area (Å²) < 4.78 is 0. The van der Waals surface area contributed by atoms with E-state index in [9.17, 15) is 4.79 Å². The average Bonchev–Trinajstić information content (AvgIpc) is 2.78. The first-order chi connectivity index (χ1) is 8.88. The van der Waals surface area contributed by atoms with E-state index in [1.165, 1.54) is 0 Å². The van der Waals surface area contributed by atoms with Crippen LogP contribution in [0.4, 0.5) is 5.69 Å². The lowest BCUT2D eigenvalue weighted by Crippen LogP contribution is -2.35. The number of fused-ring (bicyclic) bond motifs is 1. The van der Waals surface area contributed by atoms with Crippen LogP contribution >= 0.6 is 0 Å². The Labute approximate surface area is 113 Å². The van der Waals surface area contributed by atoms with E-state index in [-0.39, 0.29) is 11.4 Å². The summed E-state index contributed by atoms with van der Waals surface area (Å²) in [6.07, 6.45) is 3.01. The molecule has 3 N–H and O–H groups in total. The molecule has 0 unspecified atom stereocenters. The fourth-order valence-electron chi connectivity index (χ4n) is 2.06. The standard InChI is InChI=1S/C15H21N3O/c1-15(2,16)9-8-14(19)18(3)13-10-17-12-7-5-4-6-11(12)13/h4-7,10,17H,8-9,16H2,1-3H3. The number of nitrogens with one attached hydrogen (secondary N) is 1. The van der Waals surface area contributed by atoms with Crippen molar-refractivity contribution in [2.45, 2.75) is 32.2 Å². The fourth-order valence-corrected chi connectivity index (χ4v) is 2.06. The third-order valence-electron chi connectivity index (χ3n) is 3.29. The number of hydrogen-bond donors (Lipinski definition) is 2. The van der Waals surface area contributed by atoms with Crippen molar-refractivity contribution in [2.75, 3.05) is 11.9 Å². The molecular formula is C15H21N3O. The van der Waals surface area contributed by atoms with E-state index in [1.807, 2.05) is 51.4 Å². The topological polar surface area (TPSA) is 62.1 Å². The highest BCUT2D eigenvalue weighted by molar-refractivity contribution is 6.02. The van der Waals surface area contributed by atoms with Crippen molar-refractivity contribution >= 4 is 22.5 Å². The van der Waals surface area contributed by atoms with Crippen LogP contribution in [-0.4, -0.2) is 23.5 Å². The number of carbonyl (C=O) groups is 1. The van der Waals surface area contributed by atoms with Gasteiger partial charge in [0.1, 0.15) is 0 Å². The quantitative estimate of drug-likeness (QED) is 0.886. The van der Waals surface area contributed by atoms with Crippen molar-refractivity contribution in [1.82, 2.24) is 4.98 Å². The Morgan fingerprint density at radius 2 is 2.05 bits per heavy atom. The first kappa shape index (κ1) is 13.6. The number of nitrogens with two attached hydrogens (primary N) is 1. The van der Waals surface area contributed by atoms with Crippen LogP contribution in [0.2, 0.25) is 0 Å². The number of aromatic nitrogens is 1. The Hall–Kier alpha value is -1.81. The maximum atomic E-state index is 12.2. The van der Waals surface area contributed by atoms with Crippen LogP contribution in [0.3, 0.4) is 0 Å². The monoisotopic (exact) mass is 259 g/mol. The minimum absolute atomic E-state index is 0.0864. The van der Waals surface area contributed by atoms with Gasteiger partial charge in [0, 0.05) is 36.1 Å². The number of benzene rings is 1. The molecule has 2 rings (SSSR count). The van der Waals surface area contributed by atoms with E-state index in [1.54, 1.807) is 4.90 Å². The molecule has 0 saturated carbocycles. The second-order valence-electron chi connectivity index (χ2n) is 5.66. The zero-order chi connectivity index (χ0) is 14.0. The molecule has 1 aromatic heterocycles. The predicted molar refractivity (Wildman–Crippen MR) is 79.2 cm³/mol. The number of nitrogens with zero attached hydrogens (tertiary/aromatic N) is 1. The van der Waals surface area contributed by atoms with Gasteiger partial charge in [0.25, 0.3) is 0 Å². The van der Waals surface area contributed by atoms with Gasteiger partial charge in [-0.25, -0.2) is 0 Å². The molecule has 0 spiro atoms. The first-order valence-electron chi connectivity index (χ1n) is 6.50. The highest BCUT2D eigenvalue weighted by Gasteiger charge is 2.18. The zero-order valence-corrected chi connectivity index (χ0v) is 11.7. The normalized spacial score (nSPS) is 11.8. The molecule has 1 amide bonds.